The van der Waals surface area contributed by atoms with Gasteiger partial charge in [0.25, 0.3) is 11.5 Å². The van der Waals surface area contributed by atoms with Crippen LogP contribution in [0.25, 0.3) is 17.3 Å². The number of alkyl halides is 3. The molecule has 8 rings (SSSR count). The molecule has 5 aromatic rings. The van der Waals surface area contributed by atoms with Crippen LogP contribution < -0.4 is 10.9 Å². The van der Waals surface area contributed by atoms with Gasteiger partial charge in [-0.3, -0.25) is 19.1 Å². The first kappa shape index (κ1) is 38.0. The van der Waals surface area contributed by atoms with Crippen molar-refractivity contribution in [3.05, 3.63) is 80.4 Å². The summed E-state index contributed by atoms with van der Waals surface area (Å²) in [4.78, 5) is 56.1. The highest BCUT2D eigenvalue weighted by Gasteiger charge is 2.47. The number of carbonyl (C=O) groups excluding carboxylic acids is 2. The predicted molar refractivity (Wildman–Crippen MR) is 196 cm³/mol. The standard InChI is InChI=1S/C35H34ClF3N10O4.C2H6/c1-3-46(33(53)29-30(51)17(2)40-16-41-29)25-10-7-20(25)21-8-11-26-28(21)32(52)49-34(43-31(45-49)24-12-13-48(44-24)19-5-6-19)47(26)15-27(50)42-23-9-4-18(14-22(23)36)35(37,38)39;1-2/h4,9,12-14,16,19-21,25,51H,3,5-8,10-11,15H2,1-2H3,(H,42,50);1-2H3. The van der Waals surface area contributed by atoms with Crippen molar-refractivity contribution in [2.75, 3.05) is 11.9 Å². The van der Waals surface area contributed by atoms with Gasteiger partial charge in [-0.15, -0.1) is 5.10 Å². The Morgan fingerprint density at radius 3 is 2.49 bits per heavy atom. The number of benzene rings is 1. The molecule has 3 atom stereocenters. The van der Waals surface area contributed by atoms with Crippen LogP contribution in [0.5, 0.6) is 5.75 Å². The minimum absolute atomic E-state index is 0.00410. The Balaban J connectivity index is 0.00000229. The Labute approximate surface area is 318 Å². The Morgan fingerprint density at radius 1 is 1.07 bits per heavy atom. The van der Waals surface area contributed by atoms with Crippen LogP contribution >= 0.6 is 11.6 Å². The number of halogens is 4. The van der Waals surface area contributed by atoms with E-state index in [2.05, 4.69) is 30.5 Å². The van der Waals surface area contributed by atoms with E-state index in [0.29, 0.717) is 48.8 Å². The van der Waals surface area contributed by atoms with E-state index in [1.54, 1.807) is 22.5 Å². The average Bonchev–Trinajstić information content (AvgIpc) is 3.50. The second-order valence-electron chi connectivity index (χ2n) is 13.8. The molecular weight excluding hydrogens is 741 g/mol. The molecule has 0 bridgehead atoms. The molecular formula is C37H40ClF3N10O4. The van der Waals surface area contributed by atoms with Crippen molar-refractivity contribution >= 4 is 34.9 Å². The summed E-state index contributed by atoms with van der Waals surface area (Å²) < 4.78 is 44.4. The second kappa shape index (κ2) is 14.7. The van der Waals surface area contributed by atoms with Crippen molar-refractivity contribution in [2.45, 2.75) is 96.9 Å². The van der Waals surface area contributed by atoms with E-state index in [-0.39, 0.29) is 69.4 Å². The third-order valence-electron chi connectivity index (χ3n) is 10.6. The van der Waals surface area contributed by atoms with Crippen LogP contribution in [0, 0.1) is 12.8 Å². The lowest BCUT2D eigenvalue weighted by Crippen LogP contribution is -2.52. The van der Waals surface area contributed by atoms with E-state index in [9.17, 15) is 32.7 Å². The number of anilines is 1. The van der Waals surface area contributed by atoms with Crippen LogP contribution in [0.2, 0.25) is 5.02 Å². The summed E-state index contributed by atoms with van der Waals surface area (Å²) in [5, 5.41) is 22.1. The maximum absolute atomic E-state index is 14.4. The average molecular weight is 781 g/mol. The fourth-order valence-corrected chi connectivity index (χ4v) is 7.91. The van der Waals surface area contributed by atoms with Gasteiger partial charge in [-0.1, -0.05) is 25.4 Å². The van der Waals surface area contributed by atoms with Gasteiger partial charge >= 0.3 is 6.18 Å². The lowest BCUT2D eigenvalue weighted by Gasteiger charge is -2.46. The molecule has 3 unspecified atom stereocenters. The van der Waals surface area contributed by atoms with Crippen LogP contribution in [0.1, 0.15) is 97.8 Å². The fourth-order valence-electron chi connectivity index (χ4n) is 7.68. The number of aromatic nitrogens is 8. The maximum Gasteiger partial charge on any atom is 0.416 e. The molecule has 0 radical (unpaired) electrons. The van der Waals surface area contributed by atoms with E-state index in [1.807, 2.05) is 31.6 Å². The molecule has 2 saturated carbocycles. The maximum atomic E-state index is 14.4. The van der Waals surface area contributed by atoms with Gasteiger partial charge in [0.2, 0.25) is 17.5 Å². The smallest absolute Gasteiger partial charge is 0.416 e. The zero-order valence-corrected chi connectivity index (χ0v) is 31.4. The highest BCUT2D eigenvalue weighted by molar-refractivity contribution is 6.33. The molecule has 0 aliphatic heterocycles. The van der Waals surface area contributed by atoms with E-state index >= 15 is 0 Å². The molecule has 14 nitrogen and oxygen atoms in total. The van der Waals surface area contributed by atoms with Crippen molar-refractivity contribution in [3.63, 3.8) is 0 Å². The number of carbonyl (C=O) groups is 2. The number of aryl methyl sites for hydroxylation is 1. The number of nitrogens with one attached hydrogen (secondary N) is 1. The largest absolute Gasteiger partial charge is 0.504 e. The van der Waals surface area contributed by atoms with E-state index in [4.69, 9.17) is 11.6 Å². The minimum Gasteiger partial charge on any atom is -0.504 e. The predicted octanol–water partition coefficient (Wildman–Crippen LogP) is 6.20. The van der Waals surface area contributed by atoms with Gasteiger partial charge in [0, 0.05) is 30.0 Å². The van der Waals surface area contributed by atoms with Gasteiger partial charge < -0.3 is 19.9 Å². The zero-order chi connectivity index (χ0) is 39.3. The molecule has 3 aliphatic rings. The molecule has 290 valence electrons. The van der Waals surface area contributed by atoms with Crippen molar-refractivity contribution in [1.29, 1.82) is 0 Å². The van der Waals surface area contributed by atoms with Gasteiger partial charge in [0.1, 0.15) is 18.6 Å². The van der Waals surface area contributed by atoms with Crippen LogP contribution in [-0.4, -0.2) is 73.3 Å². The van der Waals surface area contributed by atoms with Gasteiger partial charge in [-0.25, -0.2) is 9.97 Å². The first-order valence-corrected chi connectivity index (χ1v) is 18.8. The quantitative estimate of drug-likeness (QED) is 0.177. The normalized spacial score (nSPS) is 19.0. The van der Waals surface area contributed by atoms with Crippen LogP contribution in [0.4, 0.5) is 18.9 Å². The Kier molecular flexibility index (Phi) is 10.2. The number of hydrogen-bond acceptors (Lipinski definition) is 9. The molecule has 55 heavy (non-hydrogen) atoms. The summed E-state index contributed by atoms with van der Waals surface area (Å²) in [6, 6.07) is 4.50. The van der Waals surface area contributed by atoms with Crippen molar-refractivity contribution < 1.29 is 27.9 Å². The Hall–Kier alpha value is -5.32. The van der Waals surface area contributed by atoms with Crippen molar-refractivity contribution in [1.82, 2.24) is 43.8 Å². The molecule has 2 N–H and O–H groups in total. The highest BCUT2D eigenvalue weighted by Crippen LogP contribution is 2.48. The van der Waals surface area contributed by atoms with E-state index < -0.39 is 23.6 Å². The first-order valence-electron chi connectivity index (χ1n) is 18.4. The Morgan fingerprint density at radius 2 is 1.84 bits per heavy atom. The number of fused-ring (bicyclic) bond motifs is 2. The third-order valence-corrected chi connectivity index (χ3v) is 10.9. The molecule has 1 aromatic carbocycles. The lowest BCUT2D eigenvalue weighted by atomic mass is 9.69. The summed E-state index contributed by atoms with van der Waals surface area (Å²) in [5.41, 5.74) is 0.385. The van der Waals surface area contributed by atoms with Crippen LogP contribution in [-0.2, 0) is 23.9 Å². The molecule has 2 fully saturated rings. The molecule has 0 saturated heterocycles. The second-order valence-corrected chi connectivity index (χ2v) is 14.2. The number of rotatable bonds is 9. The molecule has 18 heteroatoms. The van der Waals surface area contributed by atoms with Gasteiger partial charge in [0.15, 0.2) is 11.4 Å². The number of nitrogens with zero attached hydrogens (tertiary/aromatic N) is 9. The van der Waals surface area contributed by atoms with Gasteiger partial charge in [0.05, 0.1) is 28.0 Å². The molecule has 0 spiro atoms. The van der Waals surface area contributed by atoms with Gasteiger partial charge in [-0.05, 0) is 88.5 Å². The highest BCUT2D eigenvalue weighted by atomic mass is 35.5. The number of hydrogen-bond donors (Lipinski definition) is 2. The summed E-state index contributed by atoms with van der Waals surface area (Å²) >= 11 is 6.15. The first-order chi connectivity index (χ1) is 26.3. The van der Waals surface area contributed by atoms with E-state index in [1.165, 1.54) is 10.8 Å². The molecule has 3 aliphatic carbocycles. The van der Waals surface area contributed by atoms with Crippen LogP contribution in [0.3, 0.4) is 0 Å². The number of aromatic hydroxyl groups is 1. The summed E-state index contributed by atoms with van der Waals surface area (Å²) in [5.74, 6) is -1.39. The Bertz CT molecular complexity index is 2350. The minimum atomic E-state index is -4.61. The fraction of sp³-hybridized carbons (Fsp3) is 0.459. The number of amides is 2. The molecule has 4 heterocycles. The van der Waals surface area contributed by atoms with Crippen molar-refractivity contribution in [3.8, 4) is 17.3 Å². The van der Waals surface area contributed by atoms with Crippen LogP contribution in [0.15, 0.2) is 41.6 Å². The topological polar surface area (TPSA) is 165 Å². The SMILES string of the molecule is CC.CCN(C(=O)c1ncnc(C)c1O)C1CCC1C1CCc2c1c(=O)n1nc(-c3ccn(C4CC4)n3)nc1n2CC(=O)Nc1ccc(C(F)(F)F)cc1Cl. The summed E-state index contributed by atoms with van der Waals surface area (Å²) in [7, 11) is 0. The monoisotopic (exact) mass is 780 g/mol. The lowest BCUT2D eigenvalue weighted by molar-refractivity contribution is -0.137. The summed E-state index contributed by atoms with van der Waals surface area (Å²) in [6.07, 6.45) is 2.90. The van der Waals surface area contributed by atoms with Gasteiger partial charge in [-0.2, -0.15) is 27.8 Å². The molecule has 4 aromatic heterocycles. The molecule has 2 amide bonds. The van der Waals surface area contributed by atoms with E-state index in [0.717, 1.165) is 37.5 Å². The summed E-state index contributed by atoms with van der Waals surface area (Å²) in [6.45, 7) is 7.44. The van der Waals surface area contributed by atoms with Crippen molar-refractivity contribution in [2.24, 2.45) is 5.92 Å². The zero-order valence-electron chi connectivity index (χ0n) is 30.6. The third kappa shape index (κ3) is 6.93.